The van der Waals surface area contributed by atoms with Gasteiger partial charge in [-0.2, -0.15) is 0 Å². The molecule has 0 bridgehead atoms. The maximum absolute atomic E-state index is 11.3. The van der Waals surface area contributed by atoms with E-state index < -0.39 is 23.5 Å². The standard InChI is InChI=1S/C9H11ClO7/c10-5-17-8(14)16-4-3-15-7(13)9(1-2-9)6(11)12/h1-5H2,(H,11,12). The summed E-state index contributed by atoms with van der Waals surface area (Å²) in [4.78, 5) is 32.7. The van der Waals surface area contributed by atoms with E-state index in [1.165, 1.54) is 0 Å². The molecule has 1 aliphatic rings. The molecule has 0 saturated heterocycles. The molecule has 0 aromatic carbocycles. The summed E-state index contributed by atoms with van der Waals surface area (Å²) in [6, 6.07) is -0.333. The van der Waals surface area contributed by atoms with Gasteiger partial charge < -0.3 is 19.3 Å². The Morgan fingerprint density at radius 3 is 2.18 bits per heavy atom. The second-order valence-electron chi connectivity index (χ2n) is 3.38. The number of hydrogen-bond acceptors (Lipinski definition) is 6. The van der Waals surface area contributed by atoms with Gasteiger partial charge in [0, 0.05) is 0 Å². The van der Waals surface area contributed by atoms with Crippen molar-refractivity contribution in [3.05, 3.63) is 0 Å². The van der Waals surface area contributed by atoms with Gasteiger partial charge in [0.1, 0.15) is 13.2 Å². The van der Waals surface area contributed by atoms with Crippen LogP contribution in [0.2, 0.25) is 0 Å². The Bertz CT molecular complexity index is 323. The second-order valence-corrected chi connectivity index (χ2v) is 3.59. The number of ether oxygens (including phenoxy) is 3. The van der Waals surface area contributed by atoms with E-state index in [0.717, 1.165) is 0 Å². The number of carboxylic acids is 1. The molecule has 1 fully saturated rings. The van der Waals surface area contributed by atoms with Crippen molar-refractivity contribution in [1.29, 1.82) is 0 Å². The minimum Gasteiger partial charge on any atom is -0.480 e. The molecule has 1 N–H and O–H groups in total. The highest BCUT2D eigenvalue weighted by atomic mass is 35.5. The number of halogens is 1. The summed E-state index contributed by atoms with van der Waals surface area (Å²) in [5, 5.41) is 8.77. The number of carbonyl (C=O) groups excluding carboxylic acids is 2. The fraction of sp³-hybridized carbons (Fsp3) is 0.667. The molecular formula is C9H11ClO7. The summed E-state index contributed by atoms with van der Waals surface area (Å²) >= 11 is 5.09. The fourth-order valence-electron chi connectivity index (χ4n) is 1.11. The zero-order valence-electron chi connectivity index (χ0n) is 8.81. The van der Waals surface area contributed by atoms with Gasteiger partial charge in [-0.05, 0) is 12.8 Å². The van der Waals surface area contributed by atoms with Crippen LogP contribution in [0.15, 0.2) is 0 Å². The van der Waals surface area contributed by atoms with Crippen molar-refractivity contribution in [2.24, 2.45) is 5.41 Å². The minimum absolute atomic E-state index is 0.211. The number of alkyl halides is 1. The third-order valence-corrected chi connectivity index (χ3v) is 2.37. The van der Waals surface area contributed by atoms with Gasteiger partial charge in [0.25, 0.3) is 0 Å². The van der Waals surface area contributed by atoms with E-state index >= 15 is 0 Å². The molecule has 0 radical (unpaired) electrons. The molecule has 0 atom stereocenters. The Morgan fingerprint density at radius 1 is 1.12 bits per heavy atom. The molecule has 0 heterocycles. The van der Waals surface area contributed by atoms with Gasteiger partial charge in [0.2, 0.25) is 0 Å². The van der Waals surface area contributed by atoms with Crippen LogP contribution in [0.4, 0.5) is 4.79 Å². The summed E-state index contributed by atoms with van der Waals surface area (Å²) < 4.78 is 13.4. The molecule has 1 rings (SSSR count). The van der Waals surface area contributed by atoms with Crippen LogP contribution in [0.25, 0.3) is 0 Å². The largest absolute Gasteiger partial charge is 0.509 e. The van der Waals surface area contributed by atoms with Gasteiger partial charge in [0.05, 0.1) is 0 Å². The summed E-state index contributed by atoms with van der Waals surface area (Å²) in [7, 11) is 0. The Kier molecular flexibility index (Phi) is 4.56. The normalized spacial score (nSPS) is 15.8. The van der Waals surface area contributed by atoms with Crippen molar-refractivity contribution < 1.29 is 33.7 Å². The number of esters is 1. The number of aliphatic carboxylic acids is 1. The molecule has 0 aliphatic heterocycles. The quantitative estimate of drug-likeness (QED) is 0.328. The average molecular weight is 267 g/mol. The van der Waals surface area contributed by atoms with E-state index in [1.807, 2.05) is 0 Å². The topological polar surface area (TPSA) is 99.1 Å². The van der Waals surface area contributed by atoms with E-state index in [0.29, 0.717) is 0 Å². The first-order valence-electron chi connectivity index (χ1n) is 4.79. The fourth-order valence-corrected chi connectivity index (χ4v) is 1.20. The number of hydrogen-bond donors (Lipinski definition) is 1. The molecule has 0 aromatic heterocycles. The molecule has 0 unspecified atom stereocenters. The first kappa shape index (κ1) is 13.6. The van der Waals surface area contributed by atoms with Crippen molar-refractivity contribution >= 4 is 29.7 Å². The molecule has 96 valence electrons. The summed E-state index contributed by atoms with van der Waals surface area (Å²) in [5.41, 5.74) is -1.39. The highest BCUT2D eigenvalue weighted by Gasteiger charge is 2.58. The van der Waals surface area contributed by atoms with Gasteiger partial charge >= 0.3 is 18.1 Å². The summed E-state index contributed by atoms with van der Waals surface area (Å²) in [6.45, 7) is -0.428. The zero-order chi connectivity index (χ0) is 12.9. The lowest BCUT2D eigenvalue weighted by Crippen LogP contribution is -2.28. The number of rotatable bonds is 6. The van der Waals surface area contributed by atoms with Crippen LogP contribution in [0.1, 0.15) is 12.8 Å². The van der Waals surface area contributed by atoms with E-state index in [1.54, 1.807) is 0 Å². The van der Waals surface area contributed by atoms with Crippen LogP contribution in [-0.4, -0.2) is 42.5 Å². The summed E-state index contributed by atoms with van der Waals surface area (Å²) in [5.74, 6) is -2.00. The smallest absolute Gasteiger partial charge is 0.480 e. The highest BCUT2D eigenvalue weighted by molar-refractivity contribution is 6.17. The van der Waals surface area contributed by atoms with Gasteiger partial charge in [0.15, 0.2) is 11.5 Å². The lowest BCUT2D eigenvalue weighted by molar-refractivity contribution is -0.161. The predicted octanol–water partition coefficient (Wildman–Crippen LogP) is 0.744. The third kappa shape index (κ3) is 3.48. The first-order valence-corrected chi connectivity index (χ1v) is 5.32. The van der Waals surface area contributed by atoms with Gasteiger partial charge in [-0.3, -0.25) is 9.59 Å². The van der Waals surface area contributed by atoms with Gasteiger partial charge in [-0.25, -0.2) is 4.79 Å². The maximum Gasteiger partial charge on any atom is 0.509 e. The van der Waals surface area contributed by atoms with E-state index in [2.05, 4.69) is 14.2 Å². The van der Waals surface area contributed by atoms with E-state index in [9.17, 15) is 14.4 Å². The molecule has 17 heavy (non-hydrogen) atoms. The van der Waals surface area contributed by atoms with Crippen LogP contribution in [0.5, 0.6) is 0 Å². The molecule has 1 saturated carbocycles. The highest BCUT2D eigenvalue weighted by Crippen LogP contribution is 2.46. The predicted molar refractivity (Wildman–Crippen MR) is 53.4 cm³/mol. The lowest BCUT2D eigenvalue weighted by atomic mass is 10.1. The van der Waals surface area contributed by atoms with Crippen LogP contribution < -0.4 is 0 Å². The Morgan fingerprint density at radius 2 is 1.71 bits per heavy atom. The van der Waals surface area contributed by atoms with Crippen molar-refractivity contribution in [2.45, 2.75) is 12.8 Å². The molecule has 7 nitrogen and oxygen atoms in total. The second kappa shape index (κ2) is 5.72. The minimum atomic E-state index is -1.39. The van der Waals surface area contributed by atoms with E-state index in [4.69, 9.17) is 16.7 Å². The van der Waals surface area contributed by atoms with Crippen LogP contribution in [0.3, 0.4) is 0 Å². The molecule has 0 spiro atoms. The Hall–Kier alpha value is -1.50. The molecule has 0 aromatic rings. The molecule has 0 amide bonds. The van der Waals surface area contributed by atoms with Crippen molar-refractivity contribution in [3.8, 4) is 0 Å². The number of carboxylic acid groups (broad SMARTS) is 1. The SMILES string of the molecule is O=C(OCCl)OCCOC(=O)C1(C(=O)O)CC1. The van der Waals surface area contributed by atoms with Crippen molar-refractivity contribution in [3.63, 3.8) is 0 Å². The average Bonchev–Trinajstić information content (AvgIpc) is 3.05. The van der Waals surface area contributed by atoms with Crippen LogP contribution in [0, 0.1) is 5.41 Å². The van der Waals surface area contributed by atoms with Gasteiger partial charge in [-0.1, -0.05) is 11.6 Å². The molecule has 8 heteroatoms. The van der Waals surface area contributed by atoms with Crippen LogP contribution >= 0.6 is 11.6 Å². The first-order chi connectivity index (χ1) is 8.03. The summed E-state index contributed by atoms with van der Waals surface area (Å²) in [6.07, 6.45) is -0.428. The van der Waals surface area contributed by atoms with Gasteiger partial charge in [-0.15, -0.1) is 0 Å². The Balaban J connectivity index is 2.17. The van der Waals surface area contributed by atoms with E-state index in [-0.39, 0.29) is 32.1 Å². The Labute approximate surface area is 102 Å². The van der Waals surface area contributed by atoms with Crippen LogP contribution in [-0.2, 0) is 23.8 Å². The third-order valence-electron chi connectivity index (χ3n) is 2.26. The van der Waals surface area contributed by atoms with Crippen molar-refractivity contribution in [1.82, 2.24) is 0 Å². The lowest BCUT2D eigenvalue weighted by Gasteiger charge is -2.09. The molecule has 1 aliphatic carbocycles. The molecular weight excluding hydrogens is 256 g/mol. The number of carbonyl (C=O) groups is 3. The maximum atomic E-state index is 11.3. The zero-order valence-corrected chi connectivity index (χ0v) is 9.57. The monoisotopic (exact) mass is 266 g/mol. The van der Waals surface area contributed by atoms with Crippen molar-refractivity contribution in [2.75, 3.05) is 19.3 Å².